The van der Waals surface area contributed by atoms with E-state index in [1.54, 1.807) is 4.90 Å². The highest BCUT2D eigenvalue weighted by molar-refractivity contribution is 5.58. The lowest BCUT2D eigenvalue weighted by atomic mass is 10.2. The molecule has 0 atom stereocenters. The van der Waals surface area contributed by atoms with Crippen LogP contribution in [0.5, 0.6) is 0 Å². The third kappa shape index (κ3) is 3.63. The van der Waals surface area contributed by atoms with E-state index in [1.165, 1.54) is 0 Å². The van der Waals surface area contributed by atoms with Crippen LogP contribution in [0.3, 0.4) is 0 Å². The first kappa shape index (κ1) is 14.7. The Kier molecular flexibility index (Phi) is 4.62. The number of nitrogens with zero attached hydrogens (tertiary/aromatic N) is 4. The van der Waals surface area contributed by atoms with Crippen LogP contribution >= 0.6 is 0 Å². The fourth-order valence-corrected chi connectivity index (χ4v) is 1.93. The summed E-state index contributed by atoms with van der Waals surface area (Å²) in [6, 6.07) is 9.40. The van der Waals surface area contributed by atoms with Crippen LogP contribution in [0.4, 0.5) is 17.5 Å². The van der Waals surface area contributed by atoms with E-state index in [-0.39, 0.29) is 30.6 Å². The minimum atomic E-state index is -0.565. The van der Waals surface area contributed by atoms with E-state index in [4.69, 9.17) is 5.73 Å². The van der Waals surface area contributed by atoms with Crippen LogP contribution in [-0.2, 0) is 6.54 Å². The van der Waals surface area contributed by atoms with E-state index >= 15 is 0 Å². The van der Waals surface area contributed by atoms with E-state index in [9.17, 15) is 15.2 Å². The summed E-state index contributed by atoms with van der Waals surface area (Å²) in [6.45, 7) is 0.415. The number of nitrogens with two attached hydrogens (primary N) is 1. The van der Waals surface area contributed by atoms with Gasteiger partial charge in [-0.15, -0.1) is 0 Å². The standard InChI is InChI=1S/C13H15N5O3/c14-13-15-8-11(18(20)21)12(16-13)17(6-7-19)9-10-4-2-1-3-5-10/h1-5,8,19H,6-7,9H2,(H2,14,15,16). The topological polar surface area (TPSA) is 118 Å². The summed E-state index contributed by atoms with van der Waals surface area (Å²) >= 11 is 0. The van der Waals surface area contributed by atoms with Gasteiger partial charge in [0.2, 0.25) is 11.8 Å². The van der Waals surface area contributed by atoms with Crippen LogP contribution in [0.15, 0.2) is 36.5 Å². The van der Waals surface area contributed by atoms with Crippen LogP contribution in [-0.4, -0.2) is 33.1 Å². The van der Waals surface area contributed by atoms with Gasteiger partial charge in [-0.1, -0.05) is 30.3 Å². The summed E-state index contributed by atoms with van der Waals surface area (Å²) in [5.41, 5.74) is 6.22. The van der Waals surface area contributed by atoms with Gasteiger partial charge in [-0.2, -0.15) is 4.98 Å². The number of benzene rings is 1. The van der Waals surface area contributed by atoms with Crippen molar-refractivity contribution in [2.45, 2.75) is 6.54 Å². The van der Waals surface area contributed by atoms with Crippen LogP contribution in [0.2, 0.25) is 0 Å². The zero-order chi connectivity index (χ0) is 15.2. The first-order valence-electron chi connectivity index (χ1n) is 6.28. The molecule has 0 fully saturated rings. The van der Waals surface area contributed by atoms with Crippen molar-refractivity contribution in [3.8, 4) is 0 Å². The maximum Gasteiger partial charge on any atom is 0.329 e. The molecular weight excluding hydrogens is 274 g/mol. The maximum atomic E-state index is 11.1. The molecule has 2 aromatic rings. The SMILES string of the molecule is Nc1ncc([N+](=O)[O-])c(N(CCO)Cc2ccccc2)n1. The Hall–Kier alpha value is -2.74. The van der Waals surface area contributed by atoms with Gasteiger partial charge in [0.1, 0.15) is 6.20 Å². The zero-order valence-electron chi connectivity index (χ0n) is 11.2. The molecule has 0 aliphatic heterocycles. The highest BCUT2D eigenvalue weighted by Crippen LogP contribution is 2.26. The first-order chi connectivity index (χ1) is 10.1. The van der Waals surface area contributed by atoms with E-state index in [2.05, 4.69) is 9.97 Å². The number of anilines is 2. The van der Waals surface area contributed by atoms with Gasteiger partial charge >= 0.3 is 5.69 Å². The molecule has 0 bridgehead atoms. The second-order valence-corrected chi connectivity index (χ2v) is 4.32. The number of hydrogen-bond donors (Lipinski definition) is 2. The Morgan fingerprint density at radius 1 is 1.33 bits per heavy atom. The molecule has 0 amide bonds. The number of aliphatic hydroxyl groups excluding tert-OH is 1. The summed E-state index contributed by atoms with van der Waals surface area (Å²) in [5.74, 6) is 0.0528. The number of aromatic nitrogens is 2. The molecule has 0 spiro atoms. The van der Waals surface area contributed by atoms with Crippen molar-refractivity contribution in [3.05, 3.63) is 52.2 Å². The molecule has 8 heteroatoms. The number of rotatable bonds is 6. The van der Waals surface area contributed by atoms with Gasteiger partial charge in [0, 0.05) is 13.1 Å². The summed E-state index contributed by atoms with van der Waals surface area (Å²) < 4.78 is 0. The van der Waals surface area contributed by atoms with Crippen molar-refractivity contribution < 1.29 is 10.0 Å². The van der Waals surface area contributed by atoms with Gasteiger partial charge in [-0.05, 0) is 5.56 Å². The van der Waals surface area contributed by atoms with Gasteiger partial charge < -0.3 is 15.7 Å². The lowest BCUT2D eigenvalue weighted by molar-refractivity contribution is -0.384. The summed E-state index contributed by atoms with van der Waals surface area (Å²) in [5, 5.41) is 20.3. The molecule has 0 aliphatic carbocycles. The predicted molar refractivity (Wildman–Crippen MR) is 77.7 cm³/mol. The zero-order valence-corrected chi connectivity index (χ0v) is 11.2. The number of hydrogen-bond acceptors (Lipinski definition) is 7. The first-order valence-corrected chi connectivity index (χ1v) is 6.28. The van der Waals surface area contributed by atoms with E-state index in [0.717, 1.165) is 11.8 Å². The van der Waals surface area contributed by atoms with Gasteiger partial charge in [0.05, 0.1) is 11.5 Å². The second kappa shape index (κ2) is 6.62. The third-order valence-electron chi connectivity index (χ3n) is 2.85. The van der Waals surface area contributed by atoms with Crippen molar-refractivity contribution in [3.63, 3.8) is 0 Å². The second-order valence-electron chi connectivity index (χ2n) is 4.32. The van der Waals surface area contributed by atoms with Crippen molar-refractivity contribution >= 4 is 17.5 Å². The summed E-state index contributed by atoms with van der Waals surface area (Å²) in [6.07, 6.45) is 1.08. The number of aliphatic hydroxyl groups is 1. The molecule has 0 saturated heterocycles. The van der Waals surface area contributed by atoms with Gasteiger partial charge in [0.15, 0.2) is 0 Å². The van der Waals surface area contributed by atoms with Crippen LogP contribution in [0.1, 0.15) is 5.56 Å². The summed E-state index contributed by atoms with van der Waals surface area (Å²) in [4.78, 5) is 19.7. The molecule has 0 aliphatic rings. The average Bonchev–Trinajstić information content (AvgIpc) is 2.47. The van der Waals surface area contributed by atoms with E-state index < -0.39 is 4.92 Å². The molecule has 0 radical (unpaired) electrons. The molecule has 0 unspecified atom stereocenters. The molecule has 1 aromatic carbocycles. The monoisotopic (exact) mass is 289 g/mol. The Morgan fingerprint density at radius 2 is 2.05 bits per heavy atom. The fraction of sp³-hybridized carbons (Fsp3) is 0.231. The summed E-state index contributed by atoms with van der Waals surface area (Å²) in [7, 11) is 0. The van der Waals surface area contributed by atoms with Crippen LogP contribution in [0, 0.1) is 10.1 Å². The Labute approximate surface area is 121 Å². The van der Waals surface area contributed by atoms with Crippen LogP contribution in [0.25, 0.3) is 0 Å². The highest BCUT2D eigenvalue weighted by atomic mass is 16.6. The molecule has 110 valence electrons. The molecule has 3 N–H and O–H groups in total. The molecule has 21 heavy (non-hydrogen) atoms. The fourth-order valence-electron chi connectivity index (χ4n) is 1.93. The van der Waals surface area contributed by atoms with Crippen molar-refractivity contribution in [1.82, 2.24) is 9.97 Å². The molecule has 2 rings (SSSR count). The minimum Gasteiger partial charge on any atom is -0.395 e. The largest absolute Gasteiger partial charge is 0.395 e. The van der Waals surface area contributed by atoms with E-state index in [1.807, 2.05) is 30.3 Å². The average molecular weight is 289 g/mol. The quantitative estimate of drug-likeness (QED) is 0.600. The maximum absolute atomic E-state index is 11.1. The van der Waals surface area contributed by atoms with E-state index in [0.29, 0.717) is 6.54 Å². The predicted octanol–water partition coefficient (Wildman–Crippen LogP) is 0.966. The molecule has 0 saturated carbocycles. The lowest BCUT2D eigenvalue weighted by Crippen LogP contribution is -2.28. The van der Waals surface area contributed by atoms with Gasteiger partial charge in [0.25, 0.3) is 0 Å². The lowest BCUT2D eigenvalue weighted by Gasteiger charge is -2.22. The Bertz CT molecular complexity index is 620. The Morgan fingerprint density at radius 3 is 2.67 bits per heavy atom. The minimum absolute atomic E-state index is 0.0494. The highest BCUT2D eigenvalue weighted by Gasteiger charge is 2.22. The number of nitrogen functional groups attached to an aromatic ring is 1. The molecule has 1 aromatic heterocycles. The third-order valence-corrected chi connectivity index (χ3v) is 2.85. The molecular formula is C13H15N5O3. The van der Waals surface area contributed by atoms with Crippen molar-refractivity contribution in [2.24, 2.45) is 0 Å². The normalized spacial score (nSPS) is 10.3. The van der Waals surface area contributed by atoms with Crippen molar-refractivity contribution in [2.75, 3.05) is 23.8 Å². The smallest absolute Gasteiger partial charge is 0.329 e. The van der Waals surface area contributed by atoms with Gasteiger partial charge in [-0.25, -0.2) is 4.98 Å². The van der Waals surface area contributed by atoms with Gasteiger partial charge in [-0.3, -0.25) is 10.1 Å². The number of nitro groups is 1. The van der Waals surface area contributed by atoms with Crippen LogP contribution < -0.4 is 10.6 Å². The molecule has 1 heterocycles. The van der Waals surface area contributed by atoms with Crippen molar-refractivity contribution in [1.29, 1.82) is 0 Å². The molecule has 8 nitrogen and oxygen atoms in total. The Balaban J connectivity index is 2.37.